The molecule has 0 rings (SSSR count). The normalized spacial score (nSPS) is 14.8. The number of alkyl halides is 4. The molecule has 9 heteroatoms. The number of hydrogen-bond acceptors (Lipinski definition) is 4. The summed E-state index contributed by atoms with van der Waals surface area (Å²) in [6.45, 7) is 0.0154. The number of sulfone groups is 1. The fourth-order valence-corrected chi connectivity index (χ4v) is 2.30. The van der Waals surface area contributed by atoms with Crippen LogP contribution < -0.4 is 5.32 Å². The minimum Gasteiger partial charge on any atom is -0.373 e. The van der Waals surface area contributed by atoms with Crippen LogP contribution in [0.2, 0.25) is 0 Å². The zero-order valence-electron chi connectivity index (χ0n) is 11.5. The van der Waals surface area contributed by atoms with Crippen molar-refractivity contribution in [3.8, 4) is 0 Å². The predicted molar refractivity (Wildman–Crippen MR) is 68.2 cm³/mol. The Bertz CT molecular complexity index is 363. The molecule has 0 spiro atoms. The minimum absolute atomic E-state index is 0.00880. The molecular formula is C11H21F4NO3S. The highest BCUT2D eigenvalue weighted by Crippen LogP contribution is 2.22. The van der Waals surface area contributed by atoms with Crippen molar-refractivity contribution in [3.05, 3.63) is 0 Å². The van der Waals surface area contributed by atoms with E-state index < -0.39 is 28.8 Å². The van der Waals surface area contributed by atoms with Gasteiger partial charge in [-0.15, -0.1) is 0 Å². The SMILES string of the molecule is CCS(=O)(=O)CCCC(COCC(F)(F)C(F)F)NC. The second-order valence-corrected chi connectivity index (χ2v) is 6.91. The monoisotopic (exact) mass is 323 g/mol. The number of halogens is 4. The van der Waals surface area contributed by atoms with E-state index in [0.717, 1.165) is 0 Å². The summed E-state index contributed by atoms with van der Waals surface area (Å²) in [5.41, 5.74) is 0. The predicted octanol–water partition coefficient (Wildman–Crippen LogP) is 1.71. The summed E-state index contributed by atoms with van der Waals surface area (Å²) >= 11 is 0. The van der Waals surface area contributed by atoms with Crippen LogP contribution >= 0.6 is 0 Å². The van der Waals surface area contributed by atoms with Gasteiger partial charge in [0.2, 0.25) is 0 Å². The van der Waals surface area contributed by atoms with Crippen LogP contribution in [0, 0.1) is 0 Å². The molecule has 0 fully saturated rings. The second kappa shape index (κ2) is 8.78. The maximum atomic E-state index is 12.6. The smallest absolute Gasteiger partial charge is 0.330 e. The second-order valence-electron chi connectivity index (χ2n) is 4.44. The Balaban J connectivity index is 4.00. The summed E-state index contributed by atoms with van der Waals surface area (Å²) < 4.78 is 76.0. The van der Waals surface area contributed by atoms with Crippen LogP contribution in [0.1, 0.15) is 19.8 Å². The number of rotatable bonds is 11. The Morgan fingerprint density at radius 1 is 1.30 bits per heavy atom. The Kier molecular flexibility index (Phi) is 8.60. The molecule has 0 aromatic carbocycles. The average molecular weight is 323 g/mol. The topological polar surface area (TPSA) is 55.4 Å². The fraction of sp³-hybridized carbons (Fsp3) is 1.00. The highest BCUT2D eigenvalue weighted by Gasteiger charge is 2.41. The standard InChI is InChI=1S/C11H21F4NO3S/c1-3-20(17,18)6-4-5-9(16-2)7-19-8-11(14,15)10(12)13/h9-10,16H,3-8H2,1-2H3. The van der Waals surface area contributed by atoms with Gasteiger partial charge >= 0.3 is 12.3 Å². The van der Waals surface area contributed by atoms with Crippen molar-refractivity contribution < 1.29 is 30.7 Å². The zero-order valence-corrected chi connectivity index (χ0v) is 12.4. The summed E-state index contributed by atoms with van der Waals surface area (Å²) in [4.78, 5) is 0. The molecule has 0 aliphatic rings. The number of likely N-dealkylation sites (N-methyl/N-ethyl adjacent to an activating group) is 1. The molecule has 0 aromatic heterocycles. The molecule has 20 heavy (non-hydrogen) atoms. The molecule has 4 nitrogen and oxygen atoms in total. The van der Waals surface area contributed by atoms with Gasteiger partial charge in [0.1, 0.15) is 16.4 Å². The third kappa shape index (κ3) is 8.01. The third-order valence-corrected chi connectivity index (χ3v) is 4.58. The Morgan fingerprint density at radius 2 is 1.90 bits per heavy atom. The fourth-order valence-electron chi connectivity index (χ4n) is 1.41. The summed E-state index contributed by atoms with van der Waals surface area (Å²) in [5, 5.41) is 2.77. The van der Waals surface area contributed by atoms with Crippen molar-refractivity contribution in [1.29, 1.82) is 0 Å². The quantitative estimate of drug-likeness (QED) is 0.588. The maximum absolute atomic E-state index is 12.6. The summed E-state index contributed by atoms with van der Waals surface area (Å²) in [6.07, 6.45) is -3.00. The van der Waals surface area contributed by atoms with Crippen LogP contribution in [0.15, 0.2) is 0 Å². The van der Waals surface area contributed by atoms with Crippen LogP contribution in [0.25, 0.3) is 0 Å². The lowest BCUT2D eigenvalue weighted by Gasteiger charge is -2.19. The molecule has 0 heterocycles. The lowest BCUT2D eigenvalue weighted by atomic mass is 10.2. The van der Waals surface area contributed by atoms with Gasteiger partial charge in [0.15, 0.2) is 0 Å². The molecule has 0 aliphatic carbocycles. The first-order valence-electron chi connectivity index (χ1n) is 6.26. The molecule has 0 radical (unpaired) electrons. The summed E-state index contributed by atoms with van der Waals surface area (Å²) in [7, 11) is -1.50. The van der Waals surface area contributed by atoms with Crippen LogP contribution in [0.3, 0.4) is 0 Å². The first-order chi connectivity index (χ1) is 9.14. The number of ether oxygens (including phenoxy) is 1. The van der Waals surface area contributed by atoms with Gasteiger partial charge in [-0.25, -0.2) is 17.2 Å². The zero-order chi connectivity index (χ0) is 15.8. The first kappa shape index (κ1) is 19.6. The van der Waals surface area contributed by atoms with Gasteiger partial charge < -0.3 is 10.1 Å². The number of hydrogen-bond donors (Lipinski definition) is 1. The maximum Gasteiger partial charge on any atom is 0.330 e. The Hall–Kier alpha value is -0.410. The largest absolute Gasteiger partial charge is 0.373 e. The van der Waals surface area contributed by atoms with Gasteiger partial charge in [-0.1, -0.05) is 6.92 Å². The van der Waals surface area contributed by atoms with Crippen molar-refractivity contribution >= 4 is 9.84 Å². The molecule has 0 aliphatic heterocycles. The van der Waals surface area contributed by atoms with Crippen LogP contribution in [0.5, 0.6) is 0 Å². The van der Waals surface area contributed by atoms with E-state index in [0.29, 0.717) is 12.8 Å². The average Bonchev–Trinajstić information content (AvgIpc) is 2.36. The van der Waals surface area contributed by atoms with E-state index in [9.17, 15) is 26.0 Å². The molecule has 0 aromatic rings. The van der Waals surface area contributed by atoms with Crippen LogP contribution in [-0.2, 0) is 14.6 Å². The van der Waals surface area contributed by atoms with Crippen molar-refractivity contribution in [2.45, 2.75) is 38.2 Å². The van der Waals surface area contributed by atoms with Gasteiger partial charge in [-0.3, -0.25) is 0 Å². The van der Waals surface area contributed by atoms with Crippen LogP contribution in [0.4, 0.5) is 17.6 Å². The van der Waals surface area contributed by atoms with E-state index in [4.69, 9.17) is 0 Å². The van der Waals surface area contributed by atoms with Crippen molar-refractivity contribution in [2.24, 2.45) is 0 Å². The van der Waals surface area contributed by atoms with E-state index in [-0.39, 0.29) is 24.2 Å². The molecule has 0 bridgehead atoms. The Labute approximate surface area is 116 Å². The summed E-state index contributed by atoms with van der Waals surface area (Å²) in [6, 6.07) is -0.351. The van der Waals surface area contributed by atoms with E-state index in [1.165, 1.54) is 0 Å². The molecule has 0 amide bonds. The molecule has 0 saturated carbocycles. The van der Waals surface area contributed by atoms with Gasteiger partial charge in [0, 0.05) is 11.8 Å². The third-order valence-electron chi connectivity index (χ3n) is 2.79. The van der Waals surface area contributed by atoms with Gasteiger partial charge in [0.05, 0.1) is 12.4 Å². The molecule has 122 valence electrons. The first-order valence-corrected chi connectivity index (χ1v) is 8.08. The van der Waals surface area contributed by atoms with Gasteiger partial charge in [0.25, 0.3) is 0 Å². The molecule has 0 saturated heterocycles. The summed E-state index contributed by atoms with van der Waals surface area (Å²) in [5.74, 6) is -4.10. The van der Waals surface area contributed by atoms with Crippen molar-refractivity contribution in [2.75, 3.05) is 31.8 Å². The van der Waals surface area contributed by atoms with E-state index in [1.54, 1.807) is 14.0 Å². The highest BCUT2D eigenvalue weighted by molar-refractivity contribution is 7.91. The molecule has 1 N–H and O–H groups in total. The lowest BCUT2D eigenvalue weighted by Crippen LogP contribution is -2.36. The minimum atomic E-state index is -4.16. The van der Waals surface area contributed by atoms with Gasteiger partial charge in [-0.05, 0) is 19.9 Å². The molecule has 1 unspecified atom stereocenters. The van der Waals surface area contributed by atoms with Gasteiger partial charge in [-0.2, -0.15) is 8.78 Å². The lowest BCUT2D eigenvalue weighted by molar-refractivity contribution is -0.167. The molecular weight excluding hydrogens is 302 g/mol. The van der Waals surface area contributed by atoms with Crippen molar-refractivity contribution in [1.82, 2.24) is 5.32 Å². The van der Waals surface area contributed by atoms with E-state index >= 15 is 0 Å². The number of nitrogens with one attached hydrogen (secondary N) is 1. The van der Waals surface area contributed by atoms with E-state index in [1.807, 2.05) is 0 Å². The highest BCUT2D eigenvalue weighted by atomic mass is 32.2. The van der Waals surface area contributed by atoms with E-state index in [2.05, 4.69) is 10.1 Å². The van der Waals surface area contributed by atoms with Crippen LogP contribution in [-0.4, -0.2) is 58.6 Å². The van der Waals surface area contributed by atoms with Crippen molar-refractivity contribution in [3.63, 3.8) is 0 Å². The Morgan fingerprint density at radius 3 is 2.35 bits per heavy atom. The molecule has 1 atom stereocenters.